The fourth-order valence-electron chi connectivity index (χ4n) is 3.76. The second kappa shape index (κ2) is 9.34. The highest BCUT2D eigenvalue weighted by molar-refractivity contribution is 5.91. The molecule has 0 radical (unpaired) electrons. The monoisotopic (exact) mass is 413 g/mol. The van der Waals surface area contributed by atoms with Crippen LogP contribution in [0.25, 0.3) is 0 Å². The number of piperazine rings is 1. The van der Waals surface area contributed by atoms with Gasteiger partial charge in [-0.1, -0.05) is 26.0 Å². The van der Waals surface area contributed by atoms with Crippen LogP contribution >= 0.6 is 0 Å². The lowest BCUT2D eigenvalue weighted by Gasteiger charge is -2.29. The summed E-state index contributed by atoms with van der Waals surface area (Å²) in [4.78, 5) is 15.8. The zero-order valence-electron chi connectivity index (χ0n) is 17.5. The summed E-state index contributed by atoms with van der Waals surface area (Å²) >= 11 is 0. The molecule has 2 aromatic rings. The van der Waals surface area contributed by atoms with E-state index in [1.54, 1.807) is 6.07 Å². The number of carbonyl (C=O) groups excluding carboxylic acids is 1. The maximum absolute atomic E-state index is 12.2. The third-order valence-corrected chi connectivity index (χ3v) is 5.46. The van der Waals surface area contributed by atoms with E-state index in [-0.39, 0.29) is 17.4 Å². The summed E-state index contributed by atoms with van der Waals surface area (Å²) in [6.07, 6.45) is -1.00. The average Bonchev–Trinajstić information content (AvgIpc) is 2.69. The van der Waals surface area contributed by atoms with Gasteiger partial charge in [0.05, 0.1) is 0 Å². The maximum atomic E-state index is 12.2. The highest BCUT2D eigenvalue weighted by atomic mass is 16.3. The van der Waals surface area contributed by atoms with Gasteiger partial charge >= 0.3 is 6.03 Å². The number of hydrogen-bond acceptors (Lipinski definition) is 6. The van der Waals surface area contributed by atoms with Crippen LogP contribution in [0.5, 0.6) is 11.5 Å². The van der Waals surface area contributed by atoms with Crippen molar-refractivity contribution in [1.82, 2.24) is 10.2 Å². The molecule has 0 aromatic heterocycles. The van der Waals surface area contributed by atoms with Crippen LogP contribution in [-0.4, -0.2) is 47.3 Å². The largest absolute Gasteiger partial charge is 0.508 e. The quantitative estimate of drug-likeness (QED) is 0.462. The molecule has 8 heteroatoms. The van der Waals surface area contributed by atoms with E-state index in [9.17, 15) is 15.0 Å². The van der Waals surface area contributed by atoms with Crippen molar-refractivity contribution in [3.05, 3.63) is 53.1 Å². The lowest BCUT2D eigenvalue weighted by molar-refractivity contribution is 0.233. The van der Waals surface area contributed by atoms with Crippen LogP contribution in [0.15, 0.2) is 36.4 Å². The number of phenols is 2. The van der Waals surface area contributed by atoms with Gasteiger partial charge in [-0.2, -0.15) is 0 Å². The minimum atomic E-state index is -1.00. The fourth-order valence-corrected chi connectivity index (χ4v) is 3.76. The first-order valence-corrected chi connectivity index (χ1v) is 10.2. The third-order valence-electron chi connectivity index (χ3n) is 5.46. The number of urea groups is 1. The topological polar surface area (TPSA) is 128 Å². The van der Waals surface area contributed by atoms with Crippen molar-refractivity contribution in [2.24, 2.45) is 11.5 Å². The number of hydrogen-bond donors (Lipinski definition) is 5. The number of nitrogens with one attached hydrogen (secondary N) is 1. The van der Waals surface area contributed by atoms with Gasteiger partial charge in [-0.05, 0) is 35.2 Å². The Kier molecular flexibility index (Phi) is 6.81. The van der Waals surface area contributed by atoms with Crippen LogP contribution in [0.2, 0.25) is 0 Å². The molecule has 1 aliphatic heterocycles. The summed E-state index contributed by atoms with van der Waals surface area (Å²) in [5.74, 6) is -0.185. The Morgan fingerprint density at radius 3 is 2.27 bits per heavy atom. The van der Waals surface area contributed by atoms with Gasteiger partial charge in [0.1, 0.15) is 17.7 Å². The zero-order valence-corrected chi connectivity index (χ0v) is 17.5. The summed E-state index contributed by atoms with van der Waals surface area (Å²) in [6.45, 7) is 8.64. The predicted molar refractivity (Wildman–Crippen MR) is 117 cm³/mol. The van der Waals surface area contributed by atoms with E-state index in [0.717, 1.165) is 38.3 Å². The number of nitrogens with two attached hydrogens (primary N) is 2. The lowest BCUT2D eigenvalue weighted by Crippen LogP contribution is -2.43. The molecule has 1 fully saturated rings. The molecule has 30 heavy (non-hydrogen) atoms. The van der Waals surface area contributed by atoms with Crippen molar-refractivity contribution in [3.8, 4) is 11.5 Å². The number of rotatable bonds is 6. The van der Waals surface area contributed by atoms with Gasteiger partial charge in [0, 0.05) is 50.0 Å². The van der Waals surface area contributed by atoms with Gasteiger partial charge in [-0.3, -0.25) is 9.80 Å². The van der Waals surface area contributed by atoms with Crippen LogP contribution in [0.3, 0.4) is 0 Å². The van der Waals surface area contributed by atoms with Crippen LogP contribution in [0.4, 0.5) is 10.5 Å². The second-order valence-electron chi connectivity index (χ2n) is 7.97. The smallest absolute Gasteiger partial charge is 0.320 e. The molecule has 8 nitrogen and oxygen atoms in total. The maximum Gasteiger partial charge on any atom is 0.320 e. The summed E-state index contributed by atoms with van der Waals surface area (Å²) in [5.41, 5.74) is 14.6. The van der Waals surface area contributed by atoms with Crippen LogP contribution in [0.1, 0.15) is 42.6 Å². The van der Waals surface area contributed by atoms with Gasteiger partial charge in [0.15, 0.2) is 0 Å². The zero-order chi connectivity index (χ0) is 21.8. The number of amides is 2. The van der Waals surface area contributed by atoms with Crippen molar-refractivity contribution in [2.45, 2.75) is 32.5 Å². The first-order chi connectivity index (χ1) is 14.3. The number of anilines is 1. The highest BCUT2D eigenvalue weighted by Gasteiger charge is 2.26. The summed E-state index contributed by atoms with van der Waals surface area (Å²) in [7, 11) is 0. The molecule has 1 saturated heterocycles. The molecule has 3 rings (SSSR count). The molecule has 0 saturated carbocycles. The molecule has 1 atom stereocenters. The molecule has 0 bridgehead atoms. The van der Waals surface area contributed by atoms with E-state index >= 15 is 0 Å². The number of aromatic hydroxyl groups is 2. The lowest BCUT2D eigenvalue weighted by atomic mass is 9.97. The SMILES string of the molecule is CC(C)c1cc(C(N)N(C(N)=O)c2ccc(CN3CCNCC3)cc2)c(O)cc1O. The second-order valence-corrected chi connectivity index (χ2v) is 7.97. The van der Waals surface area contributed by atoms with E-state index < -0.39 is 12.2 Å². The molecule has 2 aromatic carbocycles. The Hall–Kier alpha value is -2.81. The predicted octanol–water partition coefficient (Wildman–Crippen LogP) is 2.17. The normalized spacial score (nSPS) is 15.9. The molecule has 2 amide bonds. The number of nitrogens with zero attached hydrogens (tertiary/aromatic N) is 2. The third kappa shape index (κ3) is 4.84. The van der Waals surface area contributed by atoms with Crippen LogP contribution < -0.4 is 21.7 Å². The van der Waals surface area contributed by atoms with Gasteiger partial charge in [-0.25, -0.2) is 4.79 Å². The number of primary amides is 1. The fraction of sp³-hybridized carbons (Fsp3) is 0.409. The molecule has 7 N–H and O–H groups in total. The minimum absolute atomic E-state index is 0.0126. The minimum Gasteiger partial charge on any atom is -0.508 e. The molecule has 1 heterocycles. The van der Waals surface area contributed by atoms with Gasteiger partial charge in [0.2, 0.25) is 0 Å². The van der Waals surface area contributed by atoms with Crippen molar-refractivity contribution < 1.29 is 15.0 Å². The van der Waals surface area contributed by atoms with E-state index in [1.807, 2.05) is 38.1 Å². The molecular formula is C22H31N5O3. The number of benzene rings is 2. The Balaban J connectivity index is 1.85. The first-order valence-electron chi connectivity index (χ1n) is 10.2. The van der Waals surface area contributed by atoms with Crippen molar-refractivity contribution in [3.63, 3.8) is 0 Å². The summed E-state index contributed by atoms with van der Waals surface area (Å²) in [6, 6.07) is 9.67. The van der Waals surface area contributed by atoms with Crippen molar-refractivity contribution in [2.75, 3.05) is 31.1 Å². The standard InChI is InChI=1S/C22H31N5O3/c1-14(2)17-11-18(20(29)12-19(17)28)21(23)27(22(24)30)16-5-3-15(4-6-16)13-26-9-7-25-8-10-26/h3-6,11-12,14,21,25,28-29H,7-10,13,23H2,1-2H3,(H2,24,30). The first kappa shape index (κ1) is 21.9. The molecular weight excluding hydrogens is 382 g/mol. The van der Waals surface area contributed by atoms with E-state index in [0.29, 0.717) is 16.8 Å². The van der Waals surface area contributed by atoms with E-state index in [1.165, 1.54) is 11.0 Å². The van der Waals surface area contributed by atoms with Gasteiger partial charge in [-0.15, -0.1) is 0 Å². The van der Waals surface area contributed by atoms with Crippen LogP contribution in [-0.2, 0) is 6.54 Å². The van der Waals surface area contributed by atoms with Gasteiger partial charge in [0.25, 0.3) is 0 Å². The van der Waals surface area contributed by atoms with Crippen molar-refractivity contribution in [1.29, 1.82) is 0 Å². The highest BCUT2D eigenvalue weighted by Crippen LogP contribution is 2.36. The molecule has 1 unspecified atom stereocenters. The van der Waals surface area contributed by atoms with E-state index in [4.69, 9.17) is 11.5 Å². The molecule has 162 valence electrons. The van der Waals surface area contributed by atoms with Crippen LogP contribution in [0, 0.1) is 0 Å². The summed E-state index contributed by atoms with van der Waals surface area (Å²) in [5, 5.41) is 23.8. The van der Waals surface area contributed by atoms with E-state index in [2.05, 4.69) is 10.2 Å². The average molecular weight is 414 g/mol. The molecule has 1 aliphatic rings. The number of carbonyl (C=O) groups is 1. The van der Waals surface area contributed by atoms with Crippen molar-refractivity contribution >= 4 is 11.7 Å². The molecule has 0 aliphatic carbocycles. The van der Waals surface area contributed by atoms with Gasteiger partial charge < -0.3 is 27.0 Å². The Labute approximate surface area is 177 Å². The Morgan fingerprint density at radius 1 is 1.10 bits per heavy atom. The Morgan fingerprint density at radius 2 is 1.70 bits per heavy atom. The number of phenolic OH excluding ortho intramolecular Hbond substituents is 2. The Bertz CT molecular complexity index is 879. The molecule has 0 spiro atoms. The summed E-state index contributed by atoms with van der Waals surface area (Å²) < 4.78 is 0.